The lowest BCUT2D eigenvalue weighted by Crippen LogP contribution is -2.11. The molecule has 0 aliphatic rings. The number of aryl methyl sites for hydroxylation is 1. The maximum absolute atomic E-state index is 14.5. The van der Waals surface area contributed by atoms with Gasteiger partial charge in [0.25, 0.3) is 0 Å². The first-order valence-corrected chi connectivity index (χ1v) is 12.8. The second kappa shape index (κ2) is 14.2. The molecule has 0 spiro atoms. The zero-order valence-corrected chi connectivity index (χ0v) is 20.9. The van der Waals surface area contributed by atoms with Crippen LogP contribution in [0, 0.1) is 5.82 Å². The smallest absolute Gasteiger partial charge is 0.346 e. The molecule has 0 aliphatic carbocycles. The monoisotopic (exact) mass is 477 g/mol. The average Bonchev–Trinajstić information content (AvgIpc) is 2.87. The molecule has 0 radical (unpaired) electrons. The number of unbranched alkanes of at least 4 members (excludes halogenated alkanes) is 6. The van der Waals surface area contributed by atoms with Gasteiger partial charge in [0, 0.05) is 5.56 Å². The van der Waals surface area contributed by atoms with Crippen LogP contribution >= 0.6 is 0 Å². The third-order valence-electron chi connectivity index (χ3n) is 5.94. The Morgan fingerprint density at radius 2 is 1.54 bits per heavy atom. The summed E-state index contributed by atoms with van der Waals surface area (Å²) in [5.41, 5.74) is 2.51. The van der Waals surface area contributed by atoms with Gasteiger partial charge in [-0.25, -0.2) is 9.18 Å². The lowest BCUT2D eigenvalue weighted by Gasteiger charge is -2.09. The minimum Gasteiger partial charge on any atom is -0.494 e. The van der Waals surface area contributed by atoms with Gasteiger partial charge in [0.05, 0.1) is 24.1 Å². The Morgan fingerprint density at radius 3 is 2.20 bits per heavy atom. The first-order valence-electron chi connectivity index (χ1n) is 12.8. The number of pyridine rings is 1. The number of rotatable bonds is 14. The largest absolute Gasteiger partial charge is 0.494 e. The van der Waals surface area contributed by atoms with E-state index in [9.17, 15) is 9.18 Å². The lowest BCUT2D eigenvalue weighted by molar-refractivity contribution is 0.0729. The van der Waals surface area contributed by atoms with Crippen molar-refractivity contribution in [3.8, 4) is 22.8 Å². The molecular weight excluding hydrogens is 441 g/mol. The van der Waals surface area contributed by atoms with Crippen LogP contribution in [0.15, 0.2) is 60.8 Å². The zero-order chi connectivity index (χ0) is 24.9. The molecule has 0 N–H and O–H groups in total. The maximum atomic E-state index is 14.5. The first kappa shape index (κ1) is 26.4. The van der Waals surface area contributed by atoms with E-state index < -0.39 is 11.8 Å². The van der Waals surface area contributed by atoms with E-state index in [1.54, 1.807) is 18.2 Å². The number of benzene rings is 2. The first-order chi connectivity index (χ1) is 17.1. The SMILES string of the molecule is CCCCCCOc1ccc(-c2ccc(OC(=O)c3ccc(CCCCCC)cc3F)cn2)cc1. The van der Waals surface area contributed by atoms with Crippen molar-refractivity contribution in [2.45, 2.75) is 71.6 Å². The molecule has 186 valence electrons. The molecule has 3 aromatic rings. The van der Waals surface area contributed by atoms with Crippen molar-refractivity contribution < 1.29 is 18.7 Å². The van der Waals surface area contributed by atoms with Crippen LogP contribution in [-0.2, 0) is 6.42 Å². The molecule has 1 heterocycles. The molecule has 2 aromatic carbocycles. The van der Waals surface area contributed by atoms with Crippen LogP contribution < -0.4 is 9.47 Å². The maximum Gasteiger partial charge on any atom is 0.346 e. The Morgan fingerprint density at radius 1 is 0.829 bits per heavy atom. The molecule has 0 aliphatic heterocycles. The Bertz CT molecular complexity index is 1050. The lowest BCUT2D eigenvalue weighted by atomic mass is 10.0. The van der Waals surface area contributed by atoms with Gasteiger partial charge in [-0.15, -0.1) is 0 Å². The fourth-order valence-electron chi connectivity index (χ4n) is 3.85. The van der Waals surface area contributed by atoms with E-state index in [1.165, 1.54) is 44.0 Å². The molecule has 0 fully saturated rings. The summed E-state index contributed by atoms with van der Waals surface area (Å²) in [7, 11) is 0. The van der Waals surface area contributed by atoms with Gasteiger partial charge in [0.15, 0.2) is 0 Å². The van der Waals surface area contributed by atoms with Gasteiger partial charge in [-0.2, -0.15) is 0 Å². The summed E-state index contributed by atoms with van der Waals surface area (Å²) in [6.07, 6.45) is 11.5. The van der Waals surface area contributed by atoms with Gasteiger partial charge in [0.2, 0.25) is 0 Å². The minimum atomic E-state index is -0.727. The number of esters is 1. The Kier molecular flexibility index (Phi) is 10.7. The van der Waals surface area contributed by atoms with E-state index in [2.05, 4.69) is 18.8 Å². The predicted molar refractivity (Wildman–Crippen MR) is 139 cm³/mol. The van der Waals surface area contributed by atoms with Gasteiger partial charge in [-0.1, -0.05) is 58.4 Å². The number of nitrogens with zero attached hydrogens (tertiary/aromatic N) is 1. The van der Waals surface area contributed by atoms with Crippen LogP contribution in [0.5, 0.6) is 11.5 Å². The molecule has 0 saturated heterocycles. The summed E-state index contributed by atoms with van der Waals surface area (Å²) in [5, 5.41) is 0. The van der Waals surface area contributed by atoms with Crippen molar-refractivity contribution in [3.63, 3.8) is 0 Å². The Hall–Kier alpha value is -3.21. The number of aromatic nitrogens is 1. The molecule has 3 rings (SSSR count). The normalized spacial score (nSPS) is 10.8. The molecule has 5 heteroatoms. The van der Waals surface area contributed by atoms with Crippen LogP contribution in [0.4, 0.5) is 4.39 Å². The van der Waals surface area contributed by atoms with Crippen molar-refractivity contribution in [1.82, 2.24) is 4.98 Å². The quantitative estimate of drug-likeness (QED) is 0.173. The number of ether oxygens (including phenoxy) is 2. The highest BCUT2D eigenvalue weighted by Gasteiger charge is 2.15. The van der Waals surface area contributed by atoms with Crippen molar-refractivity contribution in [3.05, 3.63) is 77.7 Å². The van der Waals surface area contributed by atoms with Gasteiger partial charge < -0.3 is 9.47 Å². The van der Waals surface area contributed by atoms with Gasteiger partial charge in [-0.05, 0) is 73.4 Å². The molecule has 4 nitrogen and oxygen atoms in total. The summed E-state index contributed by atoms with van der Waals surface area (Å²) >= 11 is 0. The Balaban J connectivity index is 1.53. The highest BCUT2D eigenvalue weighted by Crippen LogP contribution is 2.23. The standard InChI is InChI=1S/C30H36FNO3/c1-3-5-7-9-11-23-12-18-27(28(31)21-23)30(33)35-26-17-19-29(32-22-26)24-13-15-25(16-14-24)34-20-10-8-6-4-2/h12-19,21-22H,3-11,20H2,1-2H3. The predicted octanol–water partition coefficient (Wildman–Crippen LogP) is 8.19. The number of carbonyl (C=O) groups excluding carboxylic acids is 1. The van der Waals surface area contributed by atoms with E-state index in [0.29, 0.717) is 0 Å². The molecule has 0 amide bonds. The molecular formula is C30H36FNO3. The average molecular weight is 478 g/mol. The number of halogens is 1. The minimum absolute atomic E-state index is 0.0725. The molecule has 0 atom stereocenters. The third kappa shape index (κ3) is 8.50. The van der Waals surface area contributed by atoms with Crippen LogP contribution in [0.1, 0.15) is 81.1 Å². The van der Waals surface area contributed by atoms with Crippen LogP contribution in [0.2, 0.25) is 0 Å². The van der Waals surface area contributed by atoms with E-state index in [-0.39, 0.29) is 11.3 Å². The summed E-state index contributed by atoms with van der Waals surface area (Å²) in [6.45, 7) is 5.07. The van der Waals surface area contributed by atoms with Crippen molar-refractivity contribution >= 4 is 5.97 Å². The summed E-state index contributed by atoms with van der Waals surface area (Å²) in [5.74, 6) is -0.172. The molecule has 1 aromatic heterocycles. The molecule has 35 heavy (non-hydrogen) atoms. The summed E-state index contributed by atoms with van der Waals surface area (Å²) < 4.78 is 25.6. The van der Waals surface area contributed by atoms with E-state index in [4.69, 9.17) is 9.47 Å². The van der Waals surface area contributed by atoms with Crippen LogP contribution in [-0.4, -0.2) is 17.6 Å². The van der Waals surface area contributed by atoms with Crippen LogP contribution in [0.3, 0.4) is 0 Å². The van der Waals surface area contributed by atoms with Crippen molar-refractivity contribution in [2.24, 2.45) is 0 Å². The number of hydrogen-bond donors (Lipinski definition) is 0. The van der Waals surface area contributed by atoms with E-state index in [0.717, 1.165) is 61.3 Å². The highest BCUT2D eigenvalue weighted by molar-refractivity contribution is 5.91. The fraction of sp³-hybridized carbons (Fsp3) is 0.400. The number of carbonyl (C=O) groups is 1. The van der Waals surface area contributed by atoms with Gasteiger partial charge in [-0.3, -0.25) is 4.98 Å². The zero-order valence-electron chi connectivity index (χ0n) is 20.9. The molecule has 0 unspecified atom stereocenters. The second-order valence-corrected chi connectivity index (χ2v) is 8.83. The van der Waals surface area contributed by atoms with Gasteiger partial charge in [0.1, 0.15) is 17.3 Å². The van der Waals surface area contributed by atoms with Crippen molar-refractivity contribution in [1.29, 1.82) is 0 Å². The molecule has 0 bridgehead atoms. The summed E-state index contributed by atoms with van der Waals surface area (Å²) in [6, 6.07) is 15.9. The highest BCUT2D eigenvalue weighted by atomic mass is 19.1. The van der Waals surface area contributed by atoms with Crippen LogP contribution in [0.25, 0.3) is 11.3 Å². The third-order valence-corrected chi connectivity index (χ3v) is 5.94. The van der Waals surface area contributed by atoms with E-state index >= 15 is 0 Å². The van der Waals surface area contributed by atoms with E-state index in [1.807, 2.05) is 24.3 Å². The molecule has 0 saturated carbocycles. The Labute approximate surface area is 208 Å². The fourth-order valence-corrected chi connectivity index (χ4v) is 3.85. The number of hydrogen-bond acceptors (Lipinski definition) is 4. The second-order valence-electron chi connectivity index (χ2n) is 8.83. The topological polar surface area (TPSA) is 48.4 Å². The summed E-state index contributed by atoms with van der Waals surface area (Å²) in [4.78, 5) is 16.9. The van der Waals surface area contributed by atoms with Gasteiger partial charge >= 0.3 is 5.97 Å². The van der Waals surface area contributed by atoms with Crippen molar-refractivity contribution in [2.75, 3.05) is 6.61 Å².